The summed E-state index contributed by atoms with van der Waals surface area (Å²) in [4.78, 5) is 16.4. The Bertz CT molecular complexity index is 970. The zero-order valence-corrected chi connectivity index (χ0v) is 19.1. The number of hydrogen-bond acceptors (Lipinski definition) is 5. The maximum Gasteiger partial charge on any atom is 0.417 e. The molecule has 1 aromatic rings. The summed E-state index contributed by atoms with van der Waals surface area (Å²) in [5, 5.41) is 0. The van der Waals surface area contributed by atoms with E-state index in [9.17, 15) is 26.4 Å². The number of sulfonamides is 1. The molecule has 10 heteroatoms. The van der Waals surface area contributed by atoms with Crippen LogP contribution in [0.1, 0.15) is 64.4 Å². The van der Waals surface area contributed by atoms with Gasteiger partial charge < -0.3 is 4.74 Å². The molecule has 1 heterocycles. The maximum atomic E-state index is 13.0. The summed E-state index contributed by atoms with van der Waals surface area (Å²) in [6, 6.07) is 1.89. The number of rotatable bonds is 6. The predicted molar refractivity (Wildman–Crippen MR) is 111 cm³/mol. The third-order valence-electron chi connectivity index (χ3n) is 7.95. The number of nitrogens with zero attached hydrogens (tertiary/aromatic N) is 1. The highest BCUT2D eigenvalue weighted by atomic mass is 32.2. The summed E-state index contributed by atoms with van der Waals surface area (Å²) >= 11 is 0. The van der Waals surface area contributed by atoms with Crippen LogP contribution in [0.4, 0.5) is 13.2 Å². The van der Waals surface area contributed by atoms with E-state index in [1.807, 2.05) is 13.8 Å². The highest BCUT2D eigenvalue weighted by molar-refractivity contribution is 7.89. The molecular weight excluding hydrogens is 445 g/mol. The lowest BCUT2D eigenvalue weighted by Gasteiger charge is -2.37. The van der Waals surface area contributed by atoms with Gasteiger partial charge in [0.05, 0.1) is 11.3 Å². The molecule has 2 atom stereocenters. The van der Waals surface area contributed by atoms with Gasteiger partial charge in [-0.3, -0.25) is 4.79 Å². The minimum absolute atomic E-state index is 0.0743. The van der Waals surface area contributed by atoms with Crippen LogP contribution in [0, 0.1) is 16.7 Å². The Kier molecular flexibility index (Phi) is 5.85. The first-order valence-corrected chi connectivity index (χ1v) is 12.7. The zero-order valence-electron chi connectivity index (χ0n) is 18.2. The molecule has 0 radical (unpaired) electrons. The number of ether oxygens (including phenoxy) is 1. The van der Waals surface area contributed by atoms with E-state index in [1.54, 1.807) is 0 Å². The van der Waals surface area contributed by atoms with Crippen LogP contribution in [-0.2, 0) is 21.0 Å². The van der Waals surface area contributed by atoms with Crippen LogP contribution in [0.3, 0.4) is 0 Å². The van der Waals surface area contributed by atoms with E-state index >= 15 is 0 Å². The molecule has 1 N–H and O–H groups in total. The van der Waals surface area contributed by atoms with Gasteiger partial charge in [-0.2, -0.15) is 13.2 Å². The Labute approximate surface area is 186 Å². The van der Waals surface area contributed by atoms with Crippen LogP contribution in [0.15, 0.2) is 18.3 Å². The lowest BCUT2D eigenvalue weighted by atomic mass is 9.70. The van der Waals surface area contributed by atoms with Crippen molar-refractivity contribution in [1.29, 1.82) is 0 Å². The molecule has 3 aliphatic rings. The Morgan fingerprint density at radius 3 is 2.34 bits per heavy atom. The second-order valence-corrected chi connectivity index (χ2v) is 11.8. The first kappa shape index (κ1) is 23.5. The summed E-state index contributed by atoms with van der Waals surface area (Å²) in [7, 11) is -3.64. The van der Waals surface area contributed by atoms with Gasteiger partial charge in [0.1, 0.15) is 11.9 Å². The number of ketones is 1. The number of aromatic nitrogens is 1. The molecule has 32 heavy (non-hydrogen) atoms. The van der Waals surface area contributed by atoms with Crippen molar-refractivity contribution in [2.24, 2.45) is 16.7 Å². The molecule has 0 amide bonds. The largest absolute Gasteiger partial charge is 0.474 e. The monoisotopic (exact) mass is 474 g/mol. The molecule has 3 aliphatic carbocycles. The Balaban J connectivity index is 1.31. The van der Waals surface area contributed by atoms with Crippen LogP contribution in [0.2, 0.25) is 0 Å². The van der Waals surface area contributed by atoms with E-state index < -0.39 is 27.2 Å². The molecule has 0 aliphatic heterocycles. The van der Waals surface area contributed by atoms with Gasteiger partial charge in [-0.1, -0.05) is 13.8 Å². The van der Waals surface area contributed by atoms with E-state index in [1.165, 1.54) is 6.07 Å². The second kappa shape index (κ2) is 7.97. The fourth-order valence-electron chi connectivity index (χ4n) is 5.82. The van der Waals surface area contributed by atoms with E-state index in [-0.39, 0.29) is 40.9 Å². The number of alkyl halides is 3. The number of pyridine rings is 1. The number of hydrogen-bond donors (Lipinski definition) is 1. The molecule has 0 spiro atoms. The quantitative estimate of drug-likeness (QED) is 0.671. The number of fused-ring (bicyclic) bond motifs is 2. The molecule has 3 fully saturated rings. The molecule has 2 unspecified atom stereocenters. The molecular formula is C22H29F3N2O4S. The van der Waals surface area contributed by atoms with Crippen LogP contribution in [0.5, 0.6) is 5.88 Å². The highest BCUT2D eigenvalue weighted by Crippen LogP contribution is 2.64. The van der Waals surface area contributed by atoms with E-state index in [2.05, 4.69) is 9.71 Å². The van der Waals surface area contributed by atoms with Gasteiger partial charge in [-0.05, 0) is 55.9 Å². The van der Waals surface area contributed by atoms with Crippen molar-refractivity contribution in [3.63, 3.8) is 0 Å². The van der Waals surface area contributed by atoms with Gasteiger partial charge in [0, 0.05) is 30.1 Å². The smallest absolute Gasteiger partial charge is 0.417 e. The molecule has 6 nitrogen and oxygen atoms in total. The summed E-state index contributed by atoms with van der Waals surface area (Å²) in [5.74, 6) is 0.301. The highest BCUT2D eigenvalue weighted by Gasteiger charge is 2.65. The molecule has 1 aromatic heterocycles. The fraction of sp³-hybridized carbons (Fsp3) is 0.727. The lowest BCUT2D eigenvalue weighted by Crippen LogP contribution is -2.48. The van der Waals surface area contributed by atoms with Gasteiger partial charge in [0.25, 0.3) is 0 Å². The Morgan fingerprint density at radius 2 is 1.84 bits per heavy atom. The summed E-state index contributed by atoms with van der Waals surface area (Å²) < 4.78 is 72.3. The SMILES string of the molecule is CC1(C)C2CCC1(CS(=O)(=O)NC1CCC(Oc3ccc(C(F)(F)F)cn3)CC1)C(=O)C2. The average molecular weight is 475 g/mol. The first-order chi connectivity index (χ1) is 14.8. The van der Waals surface area contributed by atoms with E-state index in [4.69, 9.17) is 4.74 Å². The standard InChI is InChI=1S/C22H29F3N2O4S/c1-20(2)14-9-10-21(20,18(28)11-14)13-32(29,30)27-16-4-6-17(7-5-16)31-19-8-3-15(12-26-19)22(23,24)25/h3,8,12,14,16-17,27H,4-7,9-11,13H2,1-2H3. The Hall–Kier alpha value is -1.68. The van der Waals surface area contributed by atoms with Crippen molar-refractivity contribution in [1.82, 2.24) is 9.71 Å². The van der Waals surface area contributed by atoms with Crippen LogP contribution < -0.4 is 9.46 Å². The number of nitrogens with one attached hydrogen (secondary N) is 1. The normalized spacial score (nSPS) is 32.3. The topological polar surface area (TPSA) is 85.4 Å². The zero-order chi connectivity index (χ0) is 23.4. The van der Waals surface area contributed by atoms with Crippen molar-refractivity contribution in [2.75, 3.05) is 5.75 Å². The Morgan fingerprint density at radius 1 is 1.16 bits per heavy atom. The summed E-state index contributed by atoms with van der Waals surface area (Å²) in [6.07, 6.45) is 0.301. The minimum atomic E-state index is -4.45. The molecule has 2 bridgehead atoms. The van der Waals surface area contributed by atoms with Gasteiger partial charge in [-0.25, -0.2) is 18.1 Å². The van der Waals surface area contributed by atoms with Gasteiger partial charge in [-0.15, -0.1) is 0 Å². The third-order valence-corrected chi connectivity index (χ3v) is 9.51. The van der Waals surface area contributed by atoms with Crippen molar-refractivity contribution in [2.45, 2.75) is 77.1 Å². The molecule has 4 rings (SSSR count). The van der Waals surface area contributed by atoms with Crippen molar-refractivity contribution in [3.8, 4) is 5.88 Å². The number of Topliss-reactive ketones (excluding diaryl/α,β-unsaturated/α-hetero) is 1. The maximum absolute atomic E-state index is 13.0. The average Bonchev–Trinajstić information content (AvgIpc) is 3.03. The predicted octanol–water partition coefficient (Wildman–Crippen LogP) is 4.11. The van der Waals surface area contributed by atoms with Crippen molar-refractivity contribution < 1.29 is 31.1 Å². The molecule has 0 saturated heterocycles. The summed E-state index contributed by atoms with van der Waals surface area (Å²) in [5.41, 5.74) is -1.93. The van der Waals surface area contributed by atoms with E-state index in [0.717, 1.165) is 18.7 Å². The van der Waals surface area contributed by atoms with Crippen LogP contribution in [-0.4, -0.2) is 37.1 Å². The molecule has 178 valence electrons. The van der Waals surface area contributed by atoms with Gasteiger partial charge >= 0.3 is 6.18 Å². The first-order valence-electron chi connectivity index (χ1n) is 11.1. The van der Waals surface area contributed by atoms with Gasteiger partial charge in [0.2, 0.25) is 15.9 Å². The molecule has 0 aromatic carbocycles. The summed E-state index contributed by atoms with van der Waals surface area (Å²) in [6.45, 7) is 4.03. The minimum Gasteiger partial charge on any atom is -0.474 e. The number of carbonyl (C=O) groups is 1. The van der Waals surface area contributed by atoms with Crippen molar-refractivity contribution in [3.05, 3.63) is 23.9 Å². The van der Waals surface area contributed by atoms with E-state index in [0.29, 0.717) is 38.5 Å². The van der Waals surface area contributed by atoms with Gasteiger partial charge in [0.15, 0.2) is 0 Å². The van der Waals surface area contributed by atoms with Crippen LogP contribution >= 0.6 is 0 Å². The lowest BCUT2D eigenvalue weighted by molar-refractivity contribution is -0.137. The molecule has 3 saturated carbocycles. The second-order valence-electron chi connectivity index (χ2n) is 10.0. The number of halogens is 3. The fourth-order valence-corrected chi connectivity index (χ4v) is 7.97. The van der Waals surface area contributed by atoms with Crippen molar-refractivity contribution >= 4 is 15.8 Å². The number of carbonyl (C=O) groups excluding carboxylic acids is 1. The third kappa shape index (κ3) is 4.27. The van der Waals surface area contributed by atoms with Crippen LogP contribution in [0.25, 0.3) is 0 Å².